The average Bonchev–Trinajstić information content (AvgIpc) is 2.43. The molecular formula is C14H16N4O2. The van der Waals surface area contributed by atoms with Crippen LogP contribution in [0.25, 0.3) is 0 Å². The Morgan fingerprint density at radius 2 is 1.80 bits per heavy atom. The third kappa shape index (κ3) is 4.24. The molecule has 1 aromatic carbocycles. The van der Waals surface area contributed by atoms with Crippen molar-refractivity contribution in [2.24, 2.45) is 5.73 Å². The second kappa shape index (κ2) is 6.51. The lowest BCUT2D eigenvalue weighted by Gasteiger charge is -2.07. The van der Waals surface area contributed by atoms with E-state index in [1.807, 2.05) is 31.2 Å². The molecule has 0 radical (unpaired) electrons. The van der Waals surface area contributed by atoms with Gasteiger partial charge in [0.1, 0.15) is 11.6 Å². The number of ether oxygens (including phenoxy) is 2. The number of hydrogen-bond donors (Lipinski definition) is 2. The van der Waals surface area contributed by atoms with E-state index in [0.29, 0.717) is 30.4 Å². The summed E-state index contributed by atoms with van der Waals surface area (Å²) in [5.41, 5.74) is 6.19. The smallest absolute Gasteiger partial charge is 0.279 e. The highest BCUT2D eigenvalue weighted by Crippen LogP contribution is 2.20. The standard InChI is InChI=1S/C14H16N4O2/c1-10-17-8-13(9-18-10)20-12-4-2-11(3-5-12)6-7-19-14(15)16/h2-5,8-9H,6-7H2,1H3,(H3,15,16). The zero-order valence-electron chi connectivity index (χ0n) is 11.2. The maximum absolute atomic E-state index is 6.96. The molecular weight excluding hydrogens is 256 g/mol. The summed E-state index contributed by atoms with van der Waals surface area (Å²) in [5, 5.41) is 6.96. The maximum Gasteiger partial charge on any atom is 0.279 e. The number of rotatable bonds is 5. The third-order valence-electron chi connectivity index (χ3n) is 2.56. The number of amidine groups is 1. The fourth-order valence-electron chi connectivity index (χ4n) is 1.57. The van der Waals surface area contributed by atoms with E-state index in [9.17, 15) is 0 Å². The Labute approximate surface area is 117 Å². The summed E-state index contributed by atoms with van der Waals surface area (Å²) in [6.45, 7) is 2.21. The number of aromatic nitrogens is 2. The lowest BCUT2D eigenvalue weighted by atomic mass is 10.1. The molecule has 0 spiro atoms. The van der Waals surface area contributed by atoms with E-state index in [-0.39, 0.29) is 6.02 Å². The molecule has 6 nitrogen and oxygen atoms in total. The molecule has 20 heavy (non-hydrogen) atoms. The fourth-order valence-corrected chi connectivity index (χ4v) is 1.57. The maximum atomic E-state index is 6.96. The van der Waals surface area contributed by atoms with Crippen LogP contribution in [-0.2, 0) is 11.2 Å². The van der Waals surface area contributed by atoms with Crippen LogP contribution >= 0.6 is 0 Å². The van der Waals surface area contributed by atoms with Gasteiger partial charge in [0.15, 0.2) is 5.75 Å². The molecule has 1 heterocycles. The molecule has 0 amide bonds. The SMILES string of the molecule is Cc1ncc(Oc2ccc(CCOC(=N)N)cc2)cn1. The Hall–Kier alpha value is -2.63. The summed E-state index contributed by atoms with van der Waals surface area (Å²) in [6, 6.07) is 7.34. The van der Waals surface area contributed by atoms with Crippen LogP contribution in [0.2, 0.25) is 0 Å². The second-order valence-corrected chi connectivity index (χ2v) is 4.17. The van der Waals surface area contributed by atoms with Crippen LogP contribution in [0.15, 0.2) is 36.7 Å². The Morgan fingerprint density at radius 1 is 1.15 bits per heavy atom. The largest absolute Gasteiger partial charge is 0.465 e. The second-order valence-electron chi connectivity index (χ2n) is 4.17. The molecule has 104 valence electrons. The first kappa shape index (κ1) is 13.8. The Bertz CT molecular complexity index is 567. The topological polar surface area (TPSA) is 94.1 Å². The van der Waals surface area contributed by atoms with Crippen LogP contribution in [0.3, 0.4) is 0 Å². The molecule has 0 atom stereocenters. The van der Waals surface area contributed by atoms with Gasteiger partial charge in [-0.1, -0.05) is 12.1 Å². The van der Waals surface area contributed by atoms with Gasteiger partial charge in [-0.2, -0.15) is 0 Å². The van der Waals surface area contributed by atoms with Gasteiger partial charge in [0.25, 0.3) is 6.02 Å². The summed E-state index contributed by atoms with van der Waals surface area (Å²) >= 11 is 0. The van der Waals surface area contributed by atoms with E-state index in [4.69, 9.17) is 20.6 Å². The quantitative estimate of drug-likeness (QED) is 0.641. The number of nitrogens with two attached hydrogens (primary N) is 1. The molecule has 3 N–H and O–H groups in total. The number of aryl methyl sites for hydroxylation is 1. The number of hydrogen-bond acceptors (Lipinski definition) is 5. The highest BCUT2D eigenvalue weighted by Gasteiger charge is 2.00. The zero-order chi connectivity index (χ0) is 14.4. The van der Waals surface area contributed by atoms with Crippen molar-refractivity contribution >= 4 is 6.02 Å². The van der Waals surface area contributed by atoms with Gasteiger partial charge in [0.05, 0.1) is 19.0 Å². The first-order chi connectivity index (χ1) is 9.63. The van der Waals surface area contributed by atoms with E-state index >= 15 is 0 Å². The lowest BCUT2D eigenvalue weighted by Crippen LogP contribution is -2.15. The molecule has 2 aromatic rings. The first-order valence-corrected chi connectivity index (χ1v) is 6.16. The summed E-state index contributed by atoms with van der Waals surface area (Å²) < 4.78 is 10.5. The van der Waals surface area contributed by atoms with Gasteiger partial charge in [-0.05, 0) is 24.6 Å². The van der Waals surface area contributed by atoms with Gasteiger partial charge >= 0.3 is 0 Å². The van der Waals surface area contributed by atoms with Crippen LogP contribution in [0, 0.1) is 12.3 Å². The molecule has 1 aromatic heterocycles. The van der Waals surface area contributed by atoms with Crippen molar-refractivity contribution in [1.82, 2.24) is 9.97 Å². The van der Waals surface area contributed by atoms with E-state index in [1.165, 1.54) is 0 Å². The van der Waals surface area contributed by atoms with Gasteiger partial charge in [0.2, 0.25) is 0 Å². The van der Waals surface area contributed by atoms with Gasteiger partial charge in [-0.25, -0.2) is 9.97 Å². The van der Waals surface area contributed by atoms with Crippen molar-refractivity contribution in [3.05, 3.63) is 48.0 Å². The van der Waals surface area contributed by atoms with Crippen molar-refractivity contribution < 1.29 is 9.47 Å². The predicted molar refractivity (Wildman–Crippen MR) is 74.9 cm³/mol. The van der Waals surface area contributed by atoms with E-state index in [1.54, 1.807) is 12.4 Å². The van der Waals surface area contributed by atoms with E-state index in [0.717, 1.165) is 5.56 Å². The molecule has 0 fully saturated rings. The van der Waals surface area contributed by atoms with Gasteiger partial charge in [-0.3, -0.25) is 5.41 Å². The number of nitrogens with zero attached hydrogens (tertiary/aromatic N) is 2. The normalized spacial score (nSPS) is 10.1. The molecule has 0 bridgehead atoms. The molecule has 6 heteroatoms. The van der Waals surface area contributed by atoms with Crippen LogP contribution < -0.4 is 10.5 Å². The molecule has 0 aliphatic carbocycles. The zero-order valence-corrected chi connectivity index (χ0v) is 11.2. The minimum absolute atomic E-state index is 0.260. The highest BCUT2D eigenvalue weighted by atomic mass is 16.5. The fraction of sp³-hybridized carbons (Fsp3) is 0.214. The first-order valence-electron chi connectivity index (χ1n) is 6.16. The van der Waals surface area contributed by atoms with Crippen molar-refractivity contribution in [2.75, 3.05) is 6.61 Å². The minimum Gasteiger partial charge on any atom is -0.465 e. The number of nitrogens with one attached hydrogen (secondary N) is 1. The van der Waals surface area contributed by atoms with Crippen molar-refractivity contribution in [2.45, 2.75) is 13.3 Å². The number of benzene rings is 1. The molecule has 0 saturated heterocycles. The third-order valence-corrected chi connectivity index (χ3v) is 2.56. The predicted octanol–water partition coefficient (Wildman–Crippen LogP) is 2.03. The van der Waals surface area contributed by atoms with Gasteiger partial charge in [-0.15, -0.1) is 0 Å². The Morgan fingerprint density at radius 3 is 2.40 bits per heavy atom. The molecule has 0 aliphatic heterocycles. The summed E-state index contributed by atoms with van der Waals surface area (Å²) in [6.07, 6.45) is 3.96. The molecule has 0 unspecified atom stereocenters. The minimum atomic E-state index is -0.260. The molecule has 2 rings (SSSR count). The van der Waals surface area contributed by atoms with Crippen molar-refractivity contribution in [1.29, 1.82) is 5.41 Å². The monoisotopic (exact) mass is 272 g/mol. The van der Waals surface area contributed by atoms with E-state index < -0.39 is 0 Å². The lowest BCUT2D eigenvalue weighted by molar-refractivity contribution is 0.301. The van der Waals surface area contributed by atoms with Gasteiger partial charge < -0.3 is 15.2 Å². The molecule has 0 saturated carbocycles. The van der Waals surface area contributed by atoms with Crippen LogP contribution in [0.5, 0.6) is 11.5 Å². The van der Waals surface area contributed by atoms with Crippen LogP contribution in [-0.4, -0.2) is 22.6 Å². The Balaban J connectivity index is 1.91. The van der Waals surface area contributed by atoms with Crippen LogP contribution in [0.4, 0.5) is 0 Å². The van der Waals surface area contributed by atoms with Crippen LogP contribution in [0.1, 0.15) is 11.4 Å². The average molecular weight is 272 g/mol. The summed E-state index contributed by atoms with van der Waals surface area (Å²) in [5.74, 6) is 2.02. The van der Waals surface area contributed by atoms with Gasteiger partial charge in [0, 0.05) is 6.42 Å². The summed E-state index contributed by atoms with van der Waals surface area (Å²) in [4.78, 5) is 8.13. The Kier molecular flexibility index (Phi) is 4.49. The van der Waals surface area contributed by atoms with Crippen molar-refractivity contribution in [3.8, 4) is 11.5 Å². The summed E-state index contributed by atoms with van der Waals surface area (Å²) in [7, 11) is 0. The highest BCUT2D eigenvalue weighted by molar-refractivity contribution is 5.67. The van der Waals surface area contributed by atoms with E-state index in [2.05, 4.69) is 9.97 Å². The molecule has 0 aliphatic rings. The van der Waals surface area contributed by atoms with Crippen molar-refractivity contribution in [3.63, 3.8) is 0 Å².